The lowest BCUT2D eigenvalue weighted by Gasteiger charge is -2.45. The van der Waals surface area contributed by atoms with E-state index >= 15 is 0 Å². The number of amides is 2. The van der Waals surface area contributed by atoms with E-state index in [-0.39, 0.29) is 37.3 Å². The summed E-state index contributed by atoms with van der Waals surface area (Å²) in [5, 5.41) is 59.6. The number of aliphatic imine (C=N–C) groups is 1. The highest BCUT2D eigenvalue weighted by Crippen LogP contribution is 2.37. The standard InChI is InChI=1S/C24H40N4O12/c1-9(32)26-12-5-17(37-16(8-31)19(12)34)36-14-4-13(27-10(2)33)23(38-15(14)7-30)39-22-11(6-29)21-18(20(22)35)28-24(25-3)40-21/h11-23,29-31,34-35H,4-8H2,1-3H3,(H,25,28)(H,26,32)(H,27,33)/t11-,12?,13+,14-,15-,16+,17+,18?,19+,20+,21?,22+,23-/m0/s1. The number of rotatable bonds is 9. The van der Waals surface area contributed by atoms with Crippen molar-refractivity contribution in [2.45, 2.75) is 100 Å². The summed E-state index contributed by atoms with van der Waals surface area (Å²) in [6.45, 7) is 1.24. The molecule has 40 heavy (non-hydrogen) atoms. The number of aliphatic hydroxyl groups is 5. The average molecular weight is 577 g/mol. The van der Waals surface area contributed by atoms with E-state index in [2.05, 4.69) is 20.9 Å². The molecule has 1 aliphatic carbocycles. The van der Waals surface area contributed by atoms with Crippen LogP contribution in [0.4, 0.5) is 0 Å². The second-order valence-corrected chi connectivity index (χ2v) is 10.5. The van der Waals surface area contributed by atoms with Crippen LogP contribution in [-0.2, 0) is 33.3 Å². The van der Waals surface area contributed by atoms with Crippen LogP contribution >= 0.6 is 0 Å². The predicted octanol–water partition coefficient (Wildman–Crippen LogP) is -4.33. The molecule has 0 bridgehead atoms. The van der Waals surface area contributed by atoms with Crippen molar-refractivity contribution in [3.8, 4) is 0 Å². The first-order valence-corrected chi connectivity index (χ1v) is 13.3. The van der Waals surface area contributed by atoms with Gasteiger partial charge in [-0.05, 0) is 0 Å². The molecule has 4 fully saturated rings. The van der Waals surface area contributed by atoms with Gasteiger partial charge in [-0.25, -0.2) is 4.99 Å². The first-order valence-electron chi connectivity index (χ1n) is 13.3. The van der Waals surface area contributed by atoms with E-state index in [0.717, 1.165) is 0 Å². The molecule has 3 unspecified atom stereocenters. The molecule has 0 spiro atoms. The average Bonchev–Trinajstić information content (AvgIpc) is 3.43. The number of hydrogen-bond acceptors (Lipinski definition) is 13. The monoisotopic (exact) mass is 576 g/mol. The summed E-state index contributed by atoms with van der Waals surface area (Å²) in [7, 11) is 1.53. The Morgan fingerprint density at radius 1 is 0.950 bits per heavy atom. The highest BCUT2D eigenvalue weighted by molar-refractivity contribution is 5.76. The van der Waals surface area contributed by atoms with Crippen LogP contribution in [-0.4, -0.2) is 144 Å². The van der Waals surface area contributed by atoms with Crippen LogP contribution in [0.2, 0.25) is 0 Å². The van der Waals surface area contributed by atoms with Crippen molar-refractivity contribution in [3.63, 3.8) is 0 Å². The molecule has 16 nitrogen and oxygen atoms in total. The fourth-order valence-corrected chi connectivity index (χ4v) is 5.86. The van der Waals surface area contributed by atoms with Gasteiger partial charge in [0.25, 0.3) is 6.02 Å². The molecule has 8 N–H and O–H groups in total. The summed E-state index contributed by atoms with van der Waals surface area (Å²) < 4.78 is 29.7. The summed E-state index contributed by atoms with van der Waals surface area (Å²) >= 11 is 0. The van der Waals surface area contributed by atoms with Crippen molar-refractivity contribution in [1.29, 1.82) is 0 Å². The third-order valence-electron chi connectivity index (χ3n) is 7.71. The molecule has 13 atom stereocenters. The van der Waals surface area contributed by atoms with Gasteiger partial charge in [0.1, 0.15) is 30.5 Å². The Morgan fingerprint density at radius 3 is 2.23 bits per heavy atom. The molecule has 3 saturated heterocycles. The van der Waals surface area contributed by atoms with Crippen LogP contribution in [0.25, 0.3) is 0 Å². The summed E-state index contributed by atoms with van der Waals surface area (Å²) in [6, 6.07) is -1.87. The van der Waals surface area contributed by atoms with Crippen molar-refractivity contribution >= 4 is 17.8 Å². The first kappa shape index (κ1) is 30.8. The zero-order valence-corrected chi connectivity index (χ0v) is 22.6. The molecular weight excluding hydrogens is 536 g/mol. The molecule has 1 saturated carbocycles. The SMILES string of the molecule is CN=C1NC2C(O1)[C@H](CO)[C@@H](O[C@@H]1O[C@@H](CO)[C@@H](O[C@H]3CC(NC(C)=O)[C@@H](O)[C@@H](CO)O3)C[C@H]1NC(C)=O)[C@@H]2O. The smallest absolute Gasteiger partial charge is 0.285 e. The van der Waals surface area contributed by atoms with Gasteiger partial charge in [-0.3, -0.25) is 9.59 Å². The maximum atomic E-state index is 12.1. The van der Waals surface area contributed by atoms with Crippen LogP contribution in [0.5, 0.6) is 0 Å². The number of amidine groups is 1. The van der Waals surface area contributed by atoms with E-state index in [4.69, 9.17) is 23.7 Å². The van der Waals surface area contributed by atoms with Gasteiger partial charge < -0.3 is 65.2 Å². The molecule has 4 rings (SSSR count). The van der Waals surface area contributed by atoms with Crippen LogP contribution in [0.1, 0.15) is 26.7 Å². The van der Waals surface area contributed by atoms with Crippen molar-refractivity contribution in [2.75, 3.05) is 26.9 Å². The number of hydrogen-bond donors (Lipinski definition) is 8. The van der Waals surface area contributed by atoms with E-state index in [1.807, 2.05) is 0 Å². The van der Waals surface area contributed by atoms with Gasteiger partial charge in [0.05, 0.1) is 56.1 Å². The fourth-order valence-electron chi connectivity index (χ4n) is 5.86. The Morgan fingerprint density at radius 2 is 1.62 bits per heavy atom. The number of nitrogens with zero attached hydrogens (tertiary/aromatic N) is 1. The first-order chi connectivity index (χ1) is 19.1. The Kier molecular flexibility index (Phi) is 10.2. The number of carbonyl (C=O) groups is 2. The fraction of sp³-hybridized carbons (Fsp3) is 0.875. The molecule has 0 aromatic heterocycles. The van der Waals surface area contributed by atoms with Crippen molar-refractivity contribution in [1.82, 2.24) is 16.0 Å². The minimum Gasteiger partial charge on any atom is -0.459 e. The van der Waals surface area contributed by atoms with Crippen molar-refractivity contribution in [2.24, 2.45) is 10.9 Å². The Balaban J connectivity index is 1.47. The summed E-state index contributed by atoms with van der Waals surface area (Å²) in [6.07, 6.45) is -8.55. The second-order valence-electron chi connectivity index (χ2n) is 10.5. The normalized spacial score (nSPS) is 44.0. The van der Waals surface area contributed by atoms with Crippen LogP contribution in [0, 0.1) is 5.92 Å². The predicted molar refractivity (Wildman–Crippen MR) is 133 cm³/mol. The van der Waals surface area contributed by atoms with Crippen molar-refractivity contribution < 1.29 is 58.8 Å². The molecule has 4 aliphatic rings. The number of nitrogens with one attached hydrogen (secondary N) is 3. The van der Waals surface area contributed by atoms with E-state index in [1.54, 1.807) is 0 Å². The maximum absolute atomic E-state index is 12.1. The number of carbonyl (C=O) groups excluding carboxylic acids is 2. The molecule has 228 valence electrons. The lowest BCUT2D eigenvalue weighted by Crippen LogP contribution is -2.61. The van der Waals surface area contributed by atoms with Gasteiger partial charge in [-0.15, -0.1) is 0 Å². The zero-order chi connectivity index (χ0) is 29.1. The minimum absolute atomic E-state index is 0.0574. The Labute approximate surface area is 231 Å². The van der Waals surface area contributed by atoms with E-state index in [1.165, 1.54) is 20.9 Å². The van der Waals surface area contributed by atoms with Crippen LogP contribution in [0.3, 0.4) is 0 Å². The highest BCUT2D eigenvalue weighted by atomic mass is 16.7. The number of aliphatic hydroxyl groups excluding tert-OH is 5. The van der Waals surface area contributed by atoms with E-state index < -0.39 is 92.6 Å². The molecular formula is C24H40N4O12. The number of fused-ring (bicyclic) bond motifs is 1. The topological polar surface area (TPSA) is 230 Å². The van der Waals surface area contributed by atoms with Crippen molar-refractivity contribution in [3.05, 3.63) is 0 Å². The van der Waals surface area contributed by atoms with Crippen LogP contribution in [0.15, 0.2) is 4.99 Å². The summed E-state index contributed by atoms with van der Waals surface area (Å²) in [5.74, 6) is -1.40. The molecule has 0 aromatic rings. The summed E-state index contributed by atoms with van der Waals surface area (Å²) in [4.78, 5) is 27.6. The molecule has 0 radical (unpaired) electrons. The number of ether oxygens (including phenoxy) is 5. The zero-order valence-electron chi connectivity index (χ0n) is 22.6. The lowest BCUT2D eigenvalue weighted by molar-refractivity contribution is -0.309. The van der Waals surface area contributed by atoms with E-state index in [9.17, 15) is 35.1 Å². The third-order valence-corrected chi connectivity index (χ3v) is 7.71. The third kappa shape index (κ3) is 6.50. The molecule has 2 amide bonds. The highest BCUT2D eigenvalue weighted by Gasteiger charge is 2.57. The second kappa shape index (κ2) is 13.2. The van der Waals surface area contributed by atoms with Gasteiger partial charge >= 0.3 is 0 Å². The van der Waals surface area contributed by atoms with E-state index in [0.29, 0.717) is 0 Å². The molecule has 0 aromatic carbocycles. The lowest BCUT2D eigenvalue weighted by atomic mass is 9.97. The van der Waals surface area contributed by atoms with Gasteiger partial charge in [0.15, 0.2) is 12.6 Å². The maximum Gasteiger partial charge on any atom is 0.285 e. The Hall–Kier alpha value is -2.15. The summed E-state index contributed by atoms with van der Waals surface area (Å²) in [5.41, 5.74) is 0. The molecule has 16 heteroatoms. The molecule has 3 aliphatic heterocycles. The van der Waals surface area contributed by atoms with Gasteiger partial charge in [-0.2, -0.15) is 0 Å². The Bertz CT molecular complexity index is 926. The van der Waals surface area contributed by atoms with Gasteiger partial charge in [-0.1, -0.05) is 0 Å². The molecule has 3 heterocycles. The van der Waals surface area contributed by atoms with Gasteiger partial charge in [0.2, 0.25) is 11.8 Å². The van der Waals surface area contributed by atoms with Gasteiger partial charge in [0, 0.05) is 33.7 Å². The quantitative estimate of drug-likeness (QED) is 0.130. The minimum atomic E-state index is -1.16. The largest absolute Gasteiger partial charge is 0.459 e. The van der Waals surface area contributed by atoms with Crippen LogP contribution < -0.4 is 16.0 Å².